The van der Waals surface area contributed by atoms with Crippen LogP contribution in [0.5, 0.6) is 5.75 Å². The van der Waals surface area contributed by atoms with Crippen molar-refractivity contribution in [2.75, 3.05) is 19.6 Å². The number of para-hydroxylation sites is 1. The molecular formula is C14H20N2O3. The topological polar surface area (TPSA) is 69.6 Å². The van der Waals surface area contributed by atoms with Gasteiger partial charge in [0.25, 0.3) is 5.91 Å². The number of phenols is 1. The van der Waals surface area contributed by atoms with E-state index in [1.54, 1.807) is 24.0 Å². The van der Waals surface area contributed by atoms with E-state index in [1.807, 2.05) is 13.8 Å². The number of hydrogen-bond acceptors (Lipinski definition) is 3. The lowest BCUT2D eigenvalue weighted by Gasteiger charge is -2.18. The number of rotatable bonds is 5. The number of aryl methyl sites for hydroxylation is 1. The predicted octanol–water partition coefficient (Wildman–Crippen LogP) is 1.30. The van der Waals surface area contributed by atoms with E-state index >= 15 is 0 Å². The summed E-state index contributed by atoms with van der Waals surface area (Å²) in [6, 6.07) is 4.93. The van der Waals surface area contributed by atoms with Crippen LogP contribution in [0.3, 0.4) is 0 Å². The van der Waals surface area contributed by atoms with Crippen molar-refractivity contribution < 1.29 is 14.7 Å². The van der Waals surface area contributed by atoms with Gasteiger partial charge in [0.05, 0.1) is 12.1 Å². The summed E-state index contributed by atoms with van der Waals surface area (Å²) in [7, 11) is 0. The summed E-state index contributed by atoms with van der Waals surface area (Å²) < 4.78 is 0. The van der Waals surface area contributed by atoms with Gasteiger partial charge in [0.1, 0.15) is 5.75 Å². The minimum atomic E-state index is -0.443. The molecule has 1 aromatic rings. The predicted molar refractivity (Wildman–Crippen MR) is 73.1 cm³/mol. The minimum absolute atomic E-state index is 0.0460. The Morgan fingerprint density at radius 2 is 1.89 bits per heavy atom. The molecule has 0 saturated heterocycles. The van der Waals surface area contributed by atoms with Crippen LogP contribution in [-0.2, 0) is 4.79 Å². The Kier molecular flexibility index (Phi) is 5.36. The second-order valence-electron chi connectivity index (χ2n) is 4.22. The van der Waals surface area contributed by atoms with Crippen LogP contribution in [0.4, 0.5) is 0 Å². The molecule has 1 aromatic carbocycles. The molecular weight excluding hydrogens is 244 g/mol. The number of amides is 2. The molecule has 0 aliphatic carbocycles. The maximum absolute atomic E-state index is 11.9. The number of nitrogens with zero attached hydrogens (tertiary/aromatic N) is 1. The van der Waals surface area contributed by atoms with Gasteiger partial charge in [0.15, 0.2) is 0 Å². The standard InChI is InChI=1S/C14H20N2O3/c1-4-16(5-2)12(17)9-15-14(19)11-8-6-7-10(3)13(11)18/h6-8,18H,4-5,9H2,1-3H3,(H,15,19). The van der Waals surface area contributed by atoms with Gasteiger partial charge in [0, 0.05) is 13.1 Å². The fraction of sp³-hybridized carbons (Fsp3) is 0.429. The molecule has 0 radical (unpaired) electrons. The van der Waals surface area contributed by atoms with E-state index in [9.17, 15) is 14.7 Å². The number of carbonyl (C=O) groups excluding carboxylic acids is 2. The summed E-state index contributed by atoms with van der Waals surface area (Å²) in [4.78, 5) is 25.3. The van der Waals surface area contributed by atoms with Crippen molar-refractivity contribution in [2.24, 2.45) is 0 Å². The second-order valence-corrected chi connectivity index (χ2v) is 4.22. The van der Waals surface area contributed by atoms with Crippen LogP contribution in [0.2, 0.25) is 0 Å². The van der Waals surface area contributed by atoms with E-state index in [-0.39, 0.29) is 23.8 Å². The van der Waals surface area contributed by atoms with Gasteiger partial charge in [0.2, 0.25) is 5.91 Å². The Morgan fingerprint density at radius 3 is 2.47 bits per heavy atom. The van der Waals surface area contributed by atoms with Crippen molar-refractivity contribution in [3.05, 3.63) is 29.3 Å². The maximum Gasteiger partial charge on any atom is 0.255 e. The first-order valence-corrected chi connectivity index (χ1v) is 6.35. The van der Waals surface area contributed by atoms with Crippen molar-refractivity contribution in [1.29, 1.82) is 0 Å². The number of carbonyl (C=O) groups is 2. The molecule has 104 valence electrons. The van der Waals surface area contributed by atoms with Gasteiger partial charge in [-0.05, 0) is 32.4 Å². The summed E-state index contributed by atoms with van der Waals surface area (Å²) in [5.41, 5.74) is 0.815. The van der Waals surface area contributed by atoms with Crippen molar-refractivity contribution in [1.82, 2.24) is 10.2 Å². The van der Waals surface area contributed by atoms with Gasteiger partial charge >= 0.3 is 0 Å². The number of benzene rings is 1. The molecule has 0 aliphatic rings. The minimum Gasteiger partial charge on any atom is -0.507 e. The van der Waals surface area contributed by atoms with E-state index in [4.69, 9.17) is 0 Å². The van der Waals surface area contributed by atoms with Crippen LogP contribution in [0.15, 0.2) is 18.2 Å². The lowest BCUT2D eigenvalue weighted by Crippen LogP contribution is -2.40. The van der Waals surface area contributed by atoms with Gasteiger partial charge < -0.3 is 15.3 Å². The van der Waals surface area contributed by atoms with Crippen molar-refractivity contribution in [3.8, 4) is 5.75 Å². The summed E-state index contributed by atoms with van der Waals surface area (Å²) in [5.74, 6) is -0.623. The zero-order valence-corrected chi connectivity index (χ0v) is 11.6. The molecule has 0 saturated carbocycles. The molecule has 0 atom stereocenters. The van der Waals surface area contributed by atoms with Crippen LogP contribution < -0.4 is 5.32 Å². The van der Waals surface area contributed by atoms with Gasteiger partial charge in [-0.2, -0.15) is 0 Å². The highest BCUT2D eigenvalue weighted by Gasteiger charge is 2.15. The van der Waals surface area contributed by atoms with Crippen molar-refractivity contribution >= 4 is 11.8 Å². The van der Waals surface area contributed by atoms with Crippen molar-refractivity contribution in [2.45, 2.75) is 20.8 Å². The molecule has 2 amide bonds. The van der Waals surface area contributed by atoms with E-state index in [0.29, 0.717) is 18.7 Å². The van der Waals surface area contributed by atoms with Crippen LogP contribution in [0.1, 0.15) is 29.8 Å². The summed E-state index contributed by atoms with van der Waals surface area (Å²) in [5, 5.41) is 12.3. The molecule has 0 bridgehead atoms. The summed E-state index contributed by atoms with van der Waals surface area (Å²) >= 11 is 0. The Morgan fingerprint density at radius 1 is 1.26 bits per heavy atom. The zero-order chi connectivity index (χ0) is 14.4. The first-order chi connectivity index (χ1) is 9.01. The number of hydrogen-bond donors (Lipinski definition) is 2. The Balaban J connectivity index is 2.66. The SMILES string of the molecule is CCN(CC)C(=O)CNC(=O)c1cccc(C)c1O. The maximum atomic E-state index is 11.9. The highest BCUT2D eigenvalue weighted by atomic mass is 16.3. The average molecular weight is 264 g/mol. The molecule has 5 heteroatoms. The van der Waals surface area contributed by atoms with Crippen LogP contribution >= 0.6 is 0 Å². The molecule has 1 rings (SSSR count). The summed E-state index contributed by atoms with van der Waals surface area (Å²) in [6.07, 6.45) is 0. The van der Waals surface area contributed by atoms with Crippen molar-refractivity contribution in [3.63, 3.8) is 0 Å². The van der Waals surface area contributed by atoms with Gasteiger partial charge in [-0.15, -0.1) is 0 Å². The van der Waals surface area contributed by atoms with Gasteiger partial charge in [-0.1, -0.05) is 12.1 Å². The number of phenolic OH excluding ortho intramolecular Hbond substituents is 1. The third kappa shape index (κ3) is 3.71. The first-order valence-electron chi connectivity index (χ1n) is 6.35. The van der Waals surface area contributed by atoms with E-state index in [2.05, 4.69) is 5.32 Å². The second kappa shape index (κ2) is 6.78. The Labute approximate surface area is 113 Å². The van der Waals surface area contributed by atoms with Crippen LogP contribution in [-0.4, -0.2) is 41.5 Å². The van der Waals surface area contributed by atoms with Crippen LogP contribution in [0.25, 0.3) is 0 Å². The molecule has 0 aliphatic heterocycles. The normalized spacial score (nSPS) is 10.1. The Bertz CT molecular complexity index is 468. The number of likely N-dealkylation sites (N-methyl/N-ethyl adjacent to an activating group) is 1. The largest absolute Gasteiger partial charge is 0.507 e. The molecule has 0 aromatic heterocycles. The molecule has 2 N–H and O–H groups in total. The van der Waals surface area contributed by atoms with E-state index in [0.717, 1.165) is 0 Å². The fourth-order valence-electron chi connectivity index (χ4n) is 1.78. The highest BCUT2D eigenvalue weighted by molar-refractivity contribution is 5.99. The van der Waals surface area contributed by atoms with Gasteiger partial charge in [-0.3, -0.25) is 9.59 Å². The van der Waals surface area contributed by atoms with Crippen LogP contribution in [0, 0.1) is 6.92 Å². The van der Waals surface area contributed by atoms with Gasteiger partial charge in [-0.25, -0.2) is 0 Å². The smallest absolute Gasteiger partial charge is 0.255 e. The molecule has 19 heavy (non-hydrogen) atoms. The third-order valence-electron chi connectivity index (χ3n) is 3.00. The quantitative estimate of drug-likeness (QED) is 0.842. The molecule has 0 spiro atoms. The molecule has 0 fully saturated rings. The highest BCUT2D eigenvalue weighted by Crippen LogP contribution is 2.20. The number of aromatic hydroxyl groups is 1. The lowest BCUT2D eigenvalue weighted by atomic mass is 10.1. The zero-order valence-electron chi connectivity index (χ0n) is 11.6. The Hall–Kier alpha value is -2.04. The average Bonchev–Trinajstić information content (AvgIpc) is 2.40. The summed E-state index contributed by atoms with van der Waals surface area (Å²) in [6.45, 7) is 6.65. The lowest BCUT2D eigenvalue weighted by molar-refractivity contribution is -0.129. The fourth-order valence-corrected chi connectivity index (χ4v) is 1.78. The monoisotopic (exact) mass is 264 g/mol. The van der Waals surface area contributed by atoms with E-state index in [1.165, 1.54) is 6.07 Å². The molecule has 0 unspecified atom stereocenters. The first kappa shape index (κ1) is 15.0. The van der Waals surface area contributed by atoms with E-state index < -0.39 is 5.91 Å². The third-order valence-corrected chi connectivity index (χ3v) is 3.00. The molecule has 0 heterocycles. The molecule has 5 nitrogen and oxygen atoms in total. The number of nitrogens with one attached hydrogen (secondary N) is 1.